The first-order chi connectivity index (χ1) is 27.5. The van der Waals surface area contributed by atoms with Crippen LogP contribution >= 0.6 is 0 Å². The van der Waals surface area contributed by atoms with Crippen LogP contribution in [-0.2, 0) is 14.3 Å². The van der Waals surface area contributed by atoms with E-state index in [1.807, 2.05) is 12.2 Å². The molecule has 3 N–H and O–H groups in total. The zero-order valence-electron chi connectivity index (χ0n) is 37.1. The van der Waals surface area contributed by atoms with E-state index in [9.17, 15) is 19.8 Å². The Bertz CT molecular complexity index is 915. The molecule has 0 aliphatic rings. The van der Waals surface area contributed by atoms with Crippen molar-refractivity contribution in [3.8, 4) is 0 Å². The fourth-order valence-electron chi connectivity index (χ4n) is 7.15. The maximum atomic E-state index is 12.3. The minimum atomic E-state index is -0.877. The summed E-state index contributed by atoms with van der Waals surface area (Å²) in [5, 5.41) is 22.9. The summed E-state index contributed by atoms with van der Waals surface area (Å²) in [6.45, 7) is 4.81. The Balaban J connectivity index is 3.56. The molecule has 0 aromatic rings. The number of esters is 1. The Labute approximate surface area is 347 Å². The summed E-state index contributed by atoms with van der Waals surface area (Å²) in [7, 11) is 0. The molecule has 0 radical (unpaired) electrons. The Morgan fingerprint density at radius 3 is 1.39 bits per heavy atom. The average molecular weight is 788 g/mol. The van der Waals surface area contributed by atoms with E-state index in [0.717, 1.165) is 51.4 Å². The molecule has 0 saturated carbocycles. The number of unbranched alkanes of at least 4 members (excludes halogenated alkanes) is 29. The molecule has 1 amide bonds. The maximum absolute atomic E-state index is 12.3. The van der Waals surface area contributed by atoms with Crippen molar-refractivity contribution in [1.29, 1.82) is 0 Å². The van der Waals surface area contributed by atoms with Gasteiger partial charge in [0.15, 0.2) is 0 Å². The van der Waals surface area contributed by atoms with Crippen molar-refractivity contribution in [2.45, 2.75) is 257 Å². The van der Waals surface area contributed by atoms with Gasteiger partial charge in [-0.05, 0) is 51.4 Å². The molecule has 0 aromatic carbocycles. The quantitative estimate of drug-likeness (QED) is 0.0325. The van der Waals surface area contributed by atoms with Gasteiger partial charge < -0.3 is 20.3 Å². The molecule has 0 saturated heterocycles. The molecule has 0 aliphatic heterocycles. The van der Waals surface area contributed by atoms with Gasteiger partial charge in [0.25, 0.3) is 0 Å². The first-order valence-corrected chi connectivity index (χ1v) is 24.3. The molecule has 2 unspecified atom stereocenters. The molecular weight excluding hydrogens is 695 g/mol. The van der Waals surface area contributed by atoms with Crippen LogP contribution in [0.5, 0.6) is 0 Å². The van der Waals surface area contributed by atoms with Crippen molar-refractivity contribution in [2.24, 2.45) is 0 Å². The number of hydrogen-bond donors (Lipinski definition) is 3. The predicted octanol–water partition coefficient (Wildman–Crippen LogP) is 14.1. The summed E-state index contributed by atoms with van der Waals surface area (Å²) < 4.78 is 5.45. The highest BCUT2D eigenvalue weighted by Crippen LogP contribution is 2.15. The Kier molecular flexibility index (Phi) is 44.2. The third kappa shape index (κ3) is 41.7. The summed E-state index contributed by atoms with van der Waals surface area (Å²) in [6.07, 6.45) is 54.4. The molecular formula is C50H93NO5. The Hall–Kier alpha value is -1.92. The maximum Gasteiger partial charge on any atom is 0.305 e. The van der Waals surface area contributed by atoms with E-state index in [4.69, 9.17) is 4.74 Å². The van der Waals surface area contributed by atoms with Crippen molar-refractivity contribution < 1.29 is 24.5 Å². The van der Waals surface area contributed by atoms with Gasteiger partial charge in [0, 0.05) is 12.8 Å². The molecule has 0 bridgehead atoms. The first-order valence-electron chi connectivity index (χ1n) is 24.3. The van der Waals surface area contributed by atoms with Crippen LogP contribution in [0, 0.1) is 0 Å². The minimum Gasteiger partial charge on any atom is -0.466 e. The molecule has 6 heteroatoms. The van der Waals surface area contributed by atoms with Crippen LogP contribution in [0.25, 0.3) is 0 Å². The Morgan fingerprint density at radius 2 is 0.911 bits per heavy atom. The van der Waals surface area contributed by atoms with E-state index in [1.54, 1.807) is 6.08 Å². The van der Waals surface area contributed by atoms with Gasteiger partial charge in [-0.15, -0.1) is 0 Å². The number of allylic oxidation sites excluding steroid dienone is 5. The van der Waals surface area contributed by atoms with Crippen molar-refractivity contribution in [1.82, 2.24) is 5.32 Å². The lowest BCUT2D eigenvalue weighted by Crippen LogP contribution is -2.45. The van der Waals surface area contributed by atoms with Crippen LogP contribution in [0.2, 0.25) is 0 Å². The number of rotatable bonds is 44. The number of carbonyl (C=O) groups excluding carboxylic acids is 2. The number of ether oxygens (including phenoxy) is 1. The highest BCUT2D eigenvalue weighted by molar-refractivity contribution is 5.76. The van der Waals surface area contributed by atoms with E-state index in [1.165, 1.54) is 161 Å². The van der Waals surface area contributed by atoms with Gasteiger partial charge in [-0.2, -0.15) is 0 Å². The van der Waals surface area contributed by atoms with Gasteiger partial charge >= 0.3 is 5.97 Å². The second-order valence-electron chi connectivity index (χ2n) is 16.4. The predicted molar refractivity (Wildman–Crippen MR) is 241 cm³/mol. The van der Waals surface area contributed by atoms with Gasteiger partial charge in [-0.1, -0.05) is 217 Å². The summed E-state index contributed by atoms with van der Waals surface area (Å²) in [6, 6.07) is -0.670. The van der Waals surface area contributed by atoms with Crippen LogP contribution in [0.3, 0.4) is 0 Å². The average Bonchev–Trinajstić information content (AvgIpc) is 3.20. The minimum absolute atomic E-state index is 0.0166. The molecule has 0 heterocycles. The molecule has 0 spiro atoms. The van der Waals surface area contributed by atoms with E-state index >= 15 is 0 Å². The highest BCUT2D eigenvalue weighted by atomic mass is 16.5. The normalized spacial score (nSPS) is 13.0. The fraction of sp³-hybridized carbons (Fsp3) is 0.840. The number of carbonyl (C=O) groups is 2. The Morgan fingerprint density at radius 1 is 0.500 bits per heavy atom. The molecule has 0 aromatic heterocycles. The summed E-state index contributed by atoms with van der Waals surface area (Å²) >= 11 is 0. The van der Waals surface area contributed by atoms with Crippen LogP contribution in [-0.4, -0.2) is 47.4 Å². The molecule has 0 rings (SSSR count). The second-order valence-corrected chi connectivity index (χ2v) is 16.4. The lowest BCUT2D eigenvalue weighted by molar-refractivity contribution is -0.143. The number of nitrogens with one attached hydrogen (secondary N) is 1. The van der Waals surface area contributed by atoms with Gasteiger partial charge in [0.2, 0.25) is 5.91 Å². The van der Waals surface area contributed by atoms with E-state index in [0.29, 0.717) is 25.9 Å². The lowest BCUT2D eigenvalue weighted by atomic mass is 10.0. The summed E-state index contributed by atoms with van der Waals surface area (Å²) in [4.78, 5) is 24.3. The number of aliphatic hydroxyl groups excluding tert-OH is 2. The van der Waals surface area contributed by atoms with Gasteiger partial charge in [0.05, 0.1) is 25.4 Å². The van der Waals surface area contributed by atoms with Crippen molar-refractivity contribution in [3.63, 3.8) is 0 Å². The zero-order valence-corrected chi connectivity index (χ0v) is 37.1. The zero-order chi connectivity index (χ0) is 40.8. The smallest absolute Gasteiger partial charge is 0.305 e. The monoisotopic (exact) mass is 788 g/mol. The highest BCUT2D eigenvalue weighted by Gasteiger charge is 2.17. The third-order valence-electron chi connectivity index (χ3n) is 10.9. The lowest BCUT2D eigenvalue weighted by Gasteiger charge is -2.19. The van der Waals surface area contributed by atoms with Crippen LogP contribution < -0.4 is 5.32 Å². The van der Waals surface area contributed by atoms with E-state index < -0.39 is 12.1 Å². The number of amides is 1. The third-order valence-corrected chi connectivity index (χ3v) is 10.9. The van der Waals surface area contributed by atoms with Crippen LogP contribution in [0.15, 0.2) is 36.5 Å². The van der Waals surface area contributed by atoms with E-state index in [2.05, 4.69) is 37.4 Å². The van der Waals surface area contributed by atoms with Gasteiger partial charge in [-0.3, -0.25) is 9.59 Å². The summed E-state index contributed by atoms with van der Waals surface area (Å²) in [5.41, 5.74) is 0. The largest absolute Gasteiger partial charge is 0.466 e. The molecule has 6 nitrogen and oxygen atoms in total. The second kappa shape index (κ2) is 45.8. The number of hydrogen-bond acceptors (Lipinski definition) is 5. The van der Waals surface area contributed by atoms with Crippen molar-refractivity contribution in [2.75, 3.05) is 13.2 Å². The number of aliphatic hydroxyl groups is 2. The molecule has 0 aliphatic carbocycles. The molecule has 56 heavy (non-hydrogen) atoms. The SMILES string of the molecule is CCCCCCCCCCC/C=C/C(O)C(CO)NC(=O)CC/C=C\C/C=C\CCCCCCCCOC(=O)CCCCCCCCCCCCCCCCC. The topological polar surface area (TPSA) is 95.9 Å². The van der Waals surface area contributed by atoms with Gasteiger partial charge in [0.1, 0.15) is 0 Å². The standard InChI is InChI=1S/C50H93NO5/c1-3-5-7-9-11-13-15-16-17-20-24-28-32-36-40-44-50(55)56-45-41-37-33-29-25-21-18-19-23-27-31-35-39-43-49(54)51-47(46-52)48(53)42-38-34-30-26-22-14-12-10-8-6-4-2/h19,23,31,35,38,42,47-48,52-53H,3-18,20-22,24-30,32-34,36-37,39-41,43-46H2,1-2H3,(H,51,54)/b23-19-,35-31-,42-38+. The van der Waals surface area contributed by atoms with Crippen LogP contribution in [0.4, 0.5) is 0 Å². The fourth-order valence-corrected chi connectivity index (χ4v) is 7.15. The van der Waals surface area contributed by atoms with Crippen LogP contribution in [0.1, 0.15) is 245 Å². The molecule has 0 fully saturated rings. The molecule has 2 atom stereocenters. The first kappa shape index (κ1) is 54.1. The summed E-state index contributed by atoms with van der Waals surface area (Å²) in [5.74, 6) is -0.167. The van der Waals surface area contributed by atoms with Gasteiger partial charge in [-0.25, -0.2) is 0 Å². The van der Waals surface area contributed by atoms with E-state index in [-0.39, 0.29) is 18.5 Å². The van der Waals surface area contributed by atoms with Crippen molar-refractivity contribution in [3.05, 3.63) is 36.5 Å². The molecule has 328 valence electrons. The van der Waals surface area contributed by atoms with Crippen molar-refractivity contribution >= 4 is 11.9 Å².